The van der Waals surface area contributed by atoms with E-state index in [9.17, 15) is 14.0 Å². The Morgan fingerprint density at radius 3 is 2.45 bits per heavy atom. The molecular weight excluding hydrogens is 307 g/mol. The standard InChI is InChI=1S/C16H12ClFN2O2/c17-12-3-1-2-4-14(12)20-15(21)9-13(16(20)22)19-11-7-5-10(18)6-8-11/h1-8,13,19H,9H2. The molecule has 1 N–H and O–H groups in total. The van der Waals surface area contributed by atoms with Crippen molar-refractivity contribution in [3.05, 3.63) is 59.4 Å². The van der Waals surface area contributed by atoms with Crippen molar-refractivity contribution in [2.24, 2.45) is 0 Å². The average molecular weight is 319 g/mol. The van der Waals surface area contributed by atoms with Gasteiger partial charge in [-0.1, -0.05) is 23.7 Å². The SMILES string of the molecule is O=C1CC(Nc2ccc(F)cc2)C(=O)N1c1ccccc1Cl. The van der Waals surface area contributed by atoms with Crippen molar-refractivity contribution in [2.45, 2.75) is 12.5 Å². The quantitative estimate of drug-likeness (QED) is 0.884. The molecule has 1 fully saturated rings. The van der Waals surface area contributed by atoms with Crippen LogP contribution >= 0.6 is 11.6 Å². The molecule has 1 aliphatic rings. The predicted molar refractivity (Wildman–Crippen MR) is 82.4 cm³/mol. The van der Waals surface area contributed by atoms with Gasteiger partial charge in [-0.2, -0.15) is 0 Å². The van der Waals surface area contributed by atoms with Crippen LogP contribution in [0.4, 0.5) is 15.8 Å². The third kappa shape index (κ3) is 2.67. The number of hydrogen-bond acceptors (Lipinski definition) is 3. The van der Waals surface area contributed by atoms with E-state index in [1.54, 1.807) is 24.3 Å². The van der Waals surface area contributed by atoms with Crippen LogP contribution < -0.4 is 10.2 Å². The van der Waals surface area contributed by atoms with E-state index in [4.69, 9.17) is 11.6 Å². The Hall–Kier alpha value is -2.40. The van der Waals surface area contributed by atoms with Gasteiger partial charge < -0.3 is 5.32 Å². The summed E-state index contributed by atoms with van der Waals surface area (Å²) < 4.78 is 12.9. The van der Waals surface area contributed by atoms with E-state index in [0.29, 0.717) is 16.4 Å². The molecule has 6 heteroatoms. The number of nitrogens with one attached hydrogen (secondary N) is 1. The normalized spacial score (nSPS) is 17.9. The van der Waals surface area contributed by atoms with Gasteiger partial charge in [0.25, 0.3) is 5.91 Å². The van der Waals surface area contributed by atoms with Crippen LogP contribution in [-0.4, -0.2) is 17.9 Å². The lowest BCUT2D eigenvalue weighted by Crippen LogP contribution is -2.35. The maximum absolute atomic E-state index is 12.9. The fraction of sp³-hybridized carbons (Fsp3) is 0.125. The zero-order chi connectivity index (χ0) is 15.7. The maximum Gasteiger partial charge on any atom is 0.256 e. The van der Waals surface area contributed by atoms with E-state index in [-0.39, 0.29) is 24.1 Å². The molecule has 1 aliphatic heterocycles. The summed E-state index contributed by atoms with van der Waals surface area (Å²) in [4.78, 5) is 25.7. The molecule has 112 valence electrons. The Balaban J connectivity index is 1.82. The first kappa shape index (κ1) is 14.5. The number of imide groups is 1. The summed E-state index contributed by atoms with van der Waals surface area (Å²) in [6, 6.07) is 11.6. The molecule has 0 bridgehead atoms. The van der Waals surface area contributed by atoms with Crippen molar-refractivity contribution < 1.29 is 14.0 Å². The third-order valence-electron chi connectivity index (χ3n) is 3.43. The lowest BCUT2D eigenvalue weighted by molar-refractivity contribution is -0.121. The molecule has 2 amide bonds. The minimum Gasteiger partial charge on any atom is -0.373 e. The molecule has 22 heavy (non-hydrogen) atoms. The minimum absolute atomic E-state index is 0.0292. The zero-order valence-corrected chi connectivity index (χ0v) is 12.2. The van der Waals surface area contributed by atoms with E-state index in [1.807, 2.05) is 0 Å². The van der Waals surface area contributed by atoms with Crippen LogP contribution in [-0.2, 0) is 9.59 Å². The number of halogens is 2. The second-order valence-electron chi connectivity index (χ2n) is 4.93. The topological polar surface area (TPSA) is 49.4 Å². The summed E-state index contributed by atoms with van der Waals surface area (Å²) in [5.74, 6) is -1.06. The minimum atomic E-state index is -0.686. The van der Waals surface area contributed by atoms with Crippen molar-refractivity contribution in [1.29, 1.82) is 0 Å². The number of carbonyl (C=O) groups is 2. The Morgan fingerprint density at radius 2 is 1.77 bits per heavy atom. The molecule has 1 heterocycles. The lowest BCUT2D eigenvalue weighted by atomic mass is 10.2. The first-order chi connectivity index (χ1) is 10.6. The van der Waals surface area contributed by atoms with Crippen molar-refractivity contribution in [2.75, 3.05) is 10.2 Å². The van der Waals surface area contributed by atoms with Gasteiger partial charge in [0.1, 0.15) is 11.9 Å². The average Bonchev–Trinajstić information content (AvgIpc) is 2.77. The van der Waals surface area contributed by atoms with Crippen molar-refractivity contribution in [1.82, 2.24) is 0 Å². The molecule has 0 saturated carbocycles. The first-order valence-corrected chi connectivity index (χ1v) is 7.07. The van der Waals surface area contributed by atoms with Gasteiger partial charge in [-0.25, -0.2) is 9.29 Å². The zero-order valence-electron chi connectivity index (χ0n) is 11.4. The van der Waals surface area contributed by atoms with Crippen LogP contribution in [0.25, 0.3) is 0 Å². The molecule has 0 aromatic heterocycles. The Labute approximate surface area is 131 Å². The molecule has 1 unspecified atom stereocenters. The summed E-state index contributed by atoms with van der Waals surface area (Å²) in [6.45, 7) is 0. The molecular formula is C16H12ClFN2O2. The van der Waals surface area contributed by atoms with Crippen molar-refractivity contribution in [3.8, 4) is 0 Å². The molecule has 4 nitrogen and oxygen atoms in total. The largest absolute Gasteiger partial charge is 0.373 e. The Morgan fingerprint density at radius 1 is 1.09 bits per heavy atom. The molecule has 1 saturated heterocycles. The second-order valence-corrected chi connectivity index (χ2v) is 5.33. The summed E-state index contributed by atoms with van der Waals surface area (Å²) in [6.07, 6.45) is 0.0292. The summed E-state index contributed by atoms with van der Waals surface area (Å²) in [7, 11) is 0. The molecule has 1 atom stereocenters. The molecule has 2 aromatic rings. The summed E-state index contributed by atoms with van der Waals surface area (Å²) in [5.41, 5.74) is 0.955. The van der Waals surface area contributed by atoms with Crippen molar-refractivity contribution >= 4 is 34.8 Å². The molecule has 3 rings (SSSR count). The second kappa shape index (κ2) is 5.77. The Bertz CT molecular complexity index is 733. The molecule has 2 aromatic carbocycles. The number of anilines is 2. The highest BCUT2D eigenvalue weighted by molar-refractivity contribution is 6.36. The van der Waals surface area contributed by atoms with Gasteiger partial charge in [0.15, 0.2) is 0 Å². The fourth-order valence-corrected chi connectivity index (χ4v) is 2.60. The highest BCUT2D eigenvalue weighted by Gasteiger charge is 2.40. The van der Waals surface area contributed by atoms with Crippen LogP contribution in [0.15, 0.2) is 48.5 Å². The van der Waals surface area contributed by atoms with Crippen LogP contribution in [0.3, 0.4) is 0 Å². The lowest BCUT2D eigenvalue weighted by Gasteiger charge is -2.17. The van der Waals surface area contributed by atoms with E-state index in [2.05, 4.69) is 5.32 Å². The number of carbonyl (C=O) groups excluding carboxylic acids is 2. The van der Waals surface area contributed by atoms with Gasteiger partial charge in [-0.05, 0) is 36.4 Å². The maximum atomic E-state index is 12.9. The molecule has 0 spiro atoms. The Kier molecular flexibility index (Phi) is 3.81. The number of rotatable bonds is 3. The number of benzene rings is 2. The van der Waals surface area contributed by atoms with Crippen LogP contribution in [0.5, 0.6) is 0 Å². The number of para-hydroxylation sites is 1. The smallest absolute Gasteiger partial charge is 0.256 e. The predicted octanol–water partition coefficient (Wildman–Crippen LogP) is 3.22. The molecule has 0 radical (unpaired) electrons. The van der Waals surface area contributed by atoms with Crippen LogP contribution in [0, 0.1) is 5.82 Å². The number of amides is 2. The molecule has 0 aliphatic carbocycles. The third-order valence-corrected chi connectivity index (χ3v) is 3.74. The highest BCUT2D eigenvalue weighted by atomic mass is 35.5. The van der Waals surface area contributed by atoms with Gasteiger partial charge in [-0.3, -0.25) is 9.59 Å². The summed E-state index contributed by atoms with van der Waals surface area (Å²) in [5, 5.41) is 3.29. The van der Waals surface area contributed by atoms with Crippen LogP contribution in [0.1, 0.15) is 6.42 Å². The van der Waals surface area contributed by atoms with E-state index in [1.165, 1.54) is 24.3 Å². The fourth-order valence-electron chi connectivity index (χ4n) is 2.38. The van der Waals surface area contributed by atoms with Gasteiger partial charge in [0, 0.05) is 5.69 Å². The summed E-state index contributed by atoms with van der Waals surface area (Å²) >= 11 is 6.05. The van der Waals surface area contributed by atoms with E-state index < -0.39 is 6.04 Å². The number of hydrogen-bond donors (Lipinski definition) is 1. The number of nitrogens with zero attached hydrogens (tertiary/aromatic N) is 1. The van der Waals surface area contributed by atoms with Gasteiger partial charge in [-0.15, -0.1) is 0 Å². The van der Waals surface area contributed by atoms with Gasteiger partial charge in [0.2, 0.25) is 5.91 Å². The van der Waals surface area contributed by atoms with Gasteiger partial charge >= 0.3 is 0 Å². The van der Waals surface area contributed by atoms with E-state index >= 15 is 0 Å². The monoisotopic (exact) mass is 318 g/mol. The van der Waals surface area contributed by atoms with E-state index in [0.717, 1.165) is 4.90 Å². The highest BCUT2D eigenvalue weighted by Crippen LogP contribution is 2.30. The van der Waals surface area contributed by atoms with Crippen molar-refractivity contribution in [3.63, 3.8) is 0 Å². The van der Waals surface area contributed by atoms with Gasteiger partial charge in [0.05, 0.1) is 17.1 Å². The van der Waals surface area contributed by atoms with Crippen LogP contribution in [0.2, 0.25) is 5.02 Å². The first-order valence-electron chi connectivity index (χ1n) is 6.69.